The zero-order valence-electron chi connectivity index (χ0n) is 15.0. The fraction of sp³-hybridized carbons (Fsp3) is 0.263. The first-order chi connectivity index (χ1) is 13.0. The van der Waals surface area contributed by atoms with E-state index in [4.69, 9.17) is 20.9 Å². The van der Waals surface area contributed by atoms with E-state index in [-0.39, 0.29) is 24.2 Å². The van der Waals surface area contributed by atoms with Crippen LogP contribution in [0.25, 0.3) is 0 Å². The van der Waals surface area contributed by atoms with Gasteiger partial charge in [0.25, 0.3) is 5.91 Å². The first-order valence-electron chi connectivity index (χ1n) is 8.42. The molecule has 27 heavy (non-hydrogen) atoms. The highest BCUT2D eigenvalue weighted by Crippen LogP contribution is 2.17. The number of nitrogens with one attached hydrogen (secondary N) is 1. The third kappa shape index (κ3) is 5.52. The van der Waals surface area contributed by atoms with Crippen LogP contribution in [0.1, 0.15) is 34.6 Å². The smallest absolute Gasteiger partial charge is 0.273 e. The third-order valence-corrected chi connectivity index (χ3v) is 3.90. The molecule has 3 aromatic heterocycles. The van der Waals surface area contributed by atoms with Gasteiger partial charge in [-0.3, -0.25) is 14.8 Å². The first kappa shape index (κ1) is 18.8. The number of ether oxygens (including phenoxy) is 1. The second-order valence-corrected chi connectivity index (χ2v) is 6.59. The zero-order valence-corrected chi connectivity index (χ0v) is 15.7. The Bertz CT molecular complexity index is 929. The number of aromatic nitrogens is 3. The summed E-state index contributed by atoms with van der Waals surface area (Å²) in [6, 6.07) is 8.91. The van der Waals surface area contributed by atoms with Gasteiger partial charge in [-0.05, 0) is 26.0 Å². The molecule has 7 nitrogen and oxygen atoms in total. The standard InChI is InChI=1S/C19H19ClN4O3/c1-12-4-3-5-15(22-12)6-13(2)23-19(25)18-8-17(27-24-18)11-26-16-7-14(20)9-21-10-16/h3-5,7-10,13H,6,11H2,1-2H3,(H,23,25)/t13-/m1/s1. The van der Waals surface area contributed by atoms with Crippen molar-refractivity contribution in [2.75, 3.05) is 0 Å². The van der Waals surface area contributed by atoms with Gasteiger partial charge >= 0.3 is 0 Å². The molecule has 0 unspecified atom stereocenters. The fourth-order valence-corrected chi connectivity index (χ4v) is 2.65. The Morgan fingerprint density at radius 3 is 2.96 bits per heavy atom. The van der Waals surface area contributed by atoms with Crippen molar-refractivity contribution in [3.05, 3.63) is 70.6 Å². The van der Waals surface area contributed by atoms with Crippen molar-refractivity contribution in [2.45, 2.75) is 32.9 Å². The van der Waals surface area contributed by atoms with Gasteiger partial charge < -0.3 is 14.6 Å². The van der Waals surface area contributed by atoms with Crippen molar-refractivity contribution < 1.29 is 14.1 Å². The van der Waals surface area contributed by atoms with Gasteiger partial charge in [0, 0.05) is 42.2 Å². The Hall–Kier alpha value is -2.93. The molecule has 0 aliphatic carbocycles. The number of nitrogens with zero attached hydrogens (tertiary/aromatic N) is 3. The normalized spacial score (nSPS) is 11.8. The molecular formula is C19H19ClN4O3. The van der Waals surface area contributed by atoms with Crippen LogP contribution in [0.15, 0.2) is 47.2 Å². The summed E-state index contributed by atoms with van der Waals surface area (Å²) in [5.74, 6) is 0.617. The maximum Gasteiger partial charge on any atom is 0.273 e. The van der Waals surface area contributed by atoms with Gasteiger partial charge in [0.15, 0.2) is 11.5 Å². The van der Waals surface area contributed by atoms with Crippen molar-refractivity contribution in [3.8, 4) is 5.75 Å². The lowest BCUT2D eigenvalue weighted by Gasteiger charge is -2.12. The Labute approximate surface area is 161 Å². The summed E-state index contributed by atoms with van der Waals surface area (Å²) in [5.41, 5.74) is 2.07. The van der Waals surface area contributed by atoms with Crippen molar-refractivity contribution in [2.24, 2.45) is 0 Å². The zero-order chi connectivity index (χ0) is 19.2. The van der Waals surface area contributed by atoms with Crippen LogP contribution in [0.2, 0.25) is 5.02 Å². The van der Waals surface area contributed by atoms with Crippen LogP contribution < -0.4 is 10.1 Å². The highest BCUT2D eigenvalue weighted by atomic mass is 35.5. The summed E-state index contributed by atoms with van der Waals surface area (Å²) < 4.78 is 10.7. The molecule has 0 bridgehead atoms. The number of carbonyl (C=O) groups is 1. The minimum absolute atomic E-state index is 0.0965. The Morgan fingerprint density at radius 2 is 2.19 bits per heavy atom. The van der Waals surface area contributed by atoms with Gasteiger partial charge in [0.2, 0.25) is 0 Å². The maximum absolute atomic E-state index is 12.3. The van der Waals surface area contributed by atoms with Gasteiger partial charge in [0.1, 0.15) is 12.4 Å². The minimum atomic E-state index is -0.311. The van der Waals surface area contributed by atoms with Crippen molar-refractivity contribution in [1.82, 2.24) is 20.4 Å². The van der Waals surface area contributed by atoms with E-state index >= 15 is 0 Å². The van der Waals surface area contributed by atoms with E-state index in [1.165, 1.54) is 12.4 Å². The number of halogens is 1. The summed E-state index contributed by atoms with van der Waals surface area (Å²) in [6.07, 6.45) is 3.68. The molecule has 0 radical (unpaired) electrons. The van der Waals surface area contributed by atoms with E-state index in [1.54, 1.807) is 12.1 Å². The topological polar surface area (TPSA) is 90.1 Å². The van der Waals surface area contributed by atoms with Crippen LogP contribution in [-0.4, -0.2) is 27.1 Å². The molecule has 0 aliphatic heterocycles. The quantitative estimate of drug-likeness (QED) is 0.669. The number of hydrogen-bond donors (Lipinski definition) is 1. The van der Waals surface area contributed by atoms with Gasteiger partial charge in [-0.15, -0.1) is 0 Å². The summed E-state index contributed by atoms with van der Waals surface area (Å²) >= 11 is 5.85. The van der Waals surface area contributed by atoms with E-state index < -0.39 is 0 Å². The highest BCUT2D eigenvalue weighted by Gasteiger charge is 2.16. The van der Waals surface area contributed by atoms with Crippen molar-refractivity contribution in [1.29, 1.82) is 0 Å². The molecule has 1 amide bonds. The highest BCUT2D eigenvalue weighted by molar-refractivity contribution is 6.30. The fourth-order valence-electron chi connectivity index (χ4n) is 2.49. The van der Waals surface area contributed by atoms with Crippen LogP contribution in [0.4, 0.5) is 0 Å². The Kier molecular flexibility index (Phi) is 6.03. The number of amides is 1. The second kappa shape index (κ2) is 8.64. The van der Waals surface area contributed by atoms with E-state index in [1.807, 2.05) is 32.0 Å². The van der Waals surface area contributed by atoms with E-state index in [0.29, 0.717) is 23.0 Å². The van der Waals surface area contributed by atoms with Gasteiger partial charge in [-0.1, -0.05) is 22.8 Å². The lowest BCUT2D eigenvalue weighted by molar-refractivity contribution is 0.0930. The van der Waals surface area contributed by atoms with Crippen LogP contribution in [-0.2, 0) is 13.0 Å². The van der Waals surface area contributed by atoms with Crippen molar-refractivity contribution in [3.63, 3.8) is 0 Å². The average molecular weight is 387 g/mol. The molecule has 0 fully saturated rings. The van der Waals surface area contributed by atoms with Crippen LogP contribution in [0.5, 0.6) is 5.75 Å². The molecule has 0 spiro atoms. The number of carbonyl (C=O) groups excluding carboxylic acids is 1. The second-order valence-electron chi connectivity index (χ2n) is 6.15. The van der Waals surface area contributed by atoms with Crippen molar-refractivity contribution >= 4 is 17.5 Å². The summed E-state index contributed by atoms with van der Waals surface area (Å²) in [7, 11) is 0. The number of rotatable bonds is 7. The lowest BCUT2D eigenvalue weighted by Crippen LogP contribution is -2.34. The molecule has 0 saturated carbocycles. The molecule has 140 valence electrons. The summed E-state index contributed by atoms with van der Waals surface area (Å²) in [6.45, 7) is 3.97. The monoisotopic (exact) mass is 386 g/mol. The summed E-state index contributed by atoms with van der Waals surface area (Å²) in [5, 5.41) is 7.16. The van der Waals surface area contributed by atoms with Gasteiger partial charge in [0.05, 0.1) is 11.2 Å². The van der Waals surface area contributed by atoms with Crippen LogP contribution in [0.3, 0.4) is 0 Å². The predicted octanol–water partition coefficient (Wildman–Crippen LogP) is 3.37. The maximum atomic E-state index is 12.3. The van der Waals surface area contributed by atoms with E-state index in [0.717, 1.165) is 11.4 Å². The molecule has 8 heteroatoms. The molecule has 1 atom stereocenters. The molecule has 3 aromatic rings. The molecule has 0 saturated heterocycles. The van der Waals surface area contributed by atoms with E-state index in [9.17, 15) is 4.79 Å². The predicted molar refractivity (Wildman–Crippen MR) is 99.7 cm³/mol. The Balaban J connectivity index is 1.53. The molecule has 0 aromatic carbocycles. The first-order valence-corrected chi connectivity index (χ1v) is 8.80. The van der Waals surface area contributed by atoms with Crippen LogP contribution >= 0.6 is 11.6 Å². The average Bonchev–Trinajstić information content (AvgIpc) is 3.09. The van der Waals surface area contributed by atoms with Gasteiger partial charge in [-0.2, -0.15) is 0 Å². The molecule has 1 N–H and O–H groups in total. The molecular weight excluding hydrogens is 368 g/mol. The number of pyridine rings is 2. The number of aryl methyl sites for hydroxylation is 1. The van der Waals surface area contributed by atoms with Crippen LogP contribution in [0, 0.1) is 6.92 Å². The number of hydrogen-bond acceptors (Lipinski definition) is 6. The largest absolute Gasteiger partial charge is 0.484 e. The summed E-state index contributed by atoms with van der Waals surface area (Å²) in [4.78, 5) is 20.7. The third-order valence-electron chi connectivity index (χ3n) is 3.69. The molecule has 3 heterocycles. The molecule has 3 rings (SSSR count). The Morgan fingerprint density at radius 1 is 1.33 bits per heavy atom. The minimum Gasteiger partial charge on any atom is -0.484 e. The molecule has 0 aliphatic rings. The SMILES string of the molecule is Cc1cccc(C[C@@H](C)NC(=O)c2cc(COc3cncc(Cl)c3)on2)n1. The van der Waals surface area contributed by atoms with Gasteiger partial charge in [-0.25, -0.2) is 0 Å². The van der Waals surface area contributed by atoms with E-state index in [2.05, 4.69) is 20.4 Å². The lowest BCUT2D eigenvalue weighted by atomic mass is 10.1.